The normalized spacial score (nSPS) is 10.9. The summed E-state index contributed by atoms with van der Waals surface area (Å²) in [7, 11) is 1.58. The Morgan fingerprint density at radius 1 is 1.20 bits per heavy atom. The third-order valence-corrected chi connectivity index (χ3v) is 5.84. The lowest BCUT2D eigenvalue weighted by atomic mass is 10.1. The highest BCUT2D eigenvalue weighted by Crippen LogP contribution is 2.35. The van der Waals surface area contributed by atoms with Crippen LogP contribution in [0.25, 0.3) is 0 Å². The lowest BCUT2D eigenvalue weighted by molar-refractivity contribution is -0.123. The number of unbranched alkanes of at least 4 members (excludes halogenated alkanes) is 1. The van der Waals surface area contributed by atoms with Gasteiger partial charge in [-0.3, -0.25) is 4.79 Å². The summed E-state index contributed by atoms with van der Waals surface area (Å²) >= 11 is 9.65. The first-order chi connectivity index (χ1) is 14.4. The number of amides is 1. The van der Waals surface area contributed by atoms with Crippen LogP contribution in [0, 0.1) is 13.8 Å². The van der Waals surface area contributed by atoms with Crippen molar-refractivity contribution < 1.29 is 19.0 Å². The van der Waals surface area contributed by atoms with Gasteiger partial charge in [-0.15, -0.1) is 0 Å². The van der Waals surface area contributed by atoms with Crippen molar-refractivity contribution in [3.05, 3.63) is 50.5 Å². The summed E-state index contributed by atoms with van der Waals surface area (Å²) in [4.78, 5) is 12.0. The van der Waals surface area contributed by atoms with E-state index < -0.39 is 0 Å². The summed E-state index contributed by atoms with van der Waals surface area (Å²) in [6.45, 7) is 6.33. The van der Waals surface area contributed by atoms with E-state index in [1.54, 1.807) is 19.2 Å². The number of aryl methyl sites for hydroxylation is 1. The fourth-order valence-electron chi connectivity index (χ4n) is 2.57. The summed E-state index contributed by atoms with van der Waals surface area (Å²) < 4.78 is 17.4. The van der Waals surface area contributed by atoms with Gasteiger partial charge in [0.05, 0.1) is 24.4 Å². The molecule has 0 bridgehead atoms. The summed E-state index contributed by atoms with van der Waals surface area (Å²) in [5.41, 5.74) is 4.95. The molecule has 0 fully saturated rings. The standard InChI is InChI=1S/C22H26BrClN2O4/c1-5-6-9-29-17-8-7-16(11-18(17)28-4)12-25-26-20(27)13-30-19-10-14(2)22(24)15(3)21(19)23/h7-8,10-12H,5-6,9,13H2,1-4H3,(H,26,27)/b25-12+. The first-order valence-corrected chi connectivity index (χ1v) is 10.7. The lowest BCUT2D eigenvalue weighted by Crippen LogP contribution is -2.24. The predicted octanol–water partition coefficient (Wildman–Crippen LogP) is 5.44. The topological polar surface area (TPSA) is 69.2 Å². The maximum absolute atomic E-state index is 12.0. The first-order valence-electron chi connectivity index (χ1n) is 9.58. The number of nitrogens with one attached hydrogen (secondary N) is 1. The van der Waals surface area contributed by atoms with E-state index in [0.717, 1.165) is 34.0 Å². The third kappa shape index (κ3) is 6.64. The molecule has 2 aromatic rings. The molecule has 1 N–H and O–H groups in total. The van der Waals surface area contributed by atoms with E-state index in [1.165, 1.54) is 6.21 Å². The number of carbonyl (C=O) groups is 1. The fourth-order valence-corrected chi connectivity index (χ4v) is 3.26. The van der Waals surface area contributed by atoms with E-state index in [4.69, 9.17) is 25.8 Å². The molecule has 0 aromatic heterocycles. The Bertz CT molecular complexity index is 918. The van der Waals surface area contributed by atoms with Gasteiger partial charge in [-0.05, 0) is 77.2 Å². The molecule has 162 valence electrons. The first kappa shape index (κ1) is 24.0. The molecule has 6 nitrogen and oxygen atoms in total. The Kier molecular flexibility index (Phi) is 9.46. The van der Waals surface area contributed by atoms with Gasteiger partial charge < -0.3 is 14.2 Å². The largest absolute Gasteiger partial charge is 0.493 e. The Hall–Kier alpha value is -2.25. The molecule has 8 heteroatoms. The molecule has 0 atom stereocenters. The van der Waals surface area contributed by atoms with Gasteiger partial charge in [0.15, 0.2) is 18.1 Å². The highest BCUT2D eigenvalue weighted by molar-refractivity contribution is 9.10. The van der Waals surface area contributed by atoms with Crippen molar-refractivity contribution in [2.45, 2.75) is 33.6 Å². The van der Waals surface area contributed by atoms with Gasteiger partial charge in [-0.25, -0.2) is 5.43 Å². The van der Waals surface area contributed by atoms with Gasteiger partial charge in [0, 0.05) is 5.02 Å². The summed E-state index contributed by atoms with van der Waals surface area (Å²) in [6.07, 6.45) is 3.57. The highest BCUT2D eigenvalue weighted by atomic mass is 79.9. The van der Waals surface area contributed by atoms with Crippen molar-refractivity contribution in [1.82, 2.24) is 5.43 Å². The molecule has 0 aliphatic carbocycles. The maximum atomic E-state index is 12.0. The molecule has 2 aromatic carbocycles. The molecule has 0 aliphatic heterocycles. The minimum absolute atomic E-state index is 0.177. The number of rotatable bonds is 10. The zero-order valence-electron chi connectivity index (χ0n) is 17.6. The number of carbonyl (C=O) groups excluding carboxylic acids is 1. The number of ether oxygens (including phenoxy) is 3. The Balaban J connectivity index is 1.92. The van der Waals surface area contributed by atoms with Crippen molar-refractivity contribution in [2.24, 2.45) is 5.10 Å². The number of nitrogens with zero attached hydrogens (tertiary/aromatic N) is 1. The second-order valence-corrected chi connectivity index (χ2v) is 7.81. The van der Waals surface area contributed by atoms with Crippen LogP contribution in [0.3, 0.4) is 0 Å². The van der Waals surface area contributed by atoms with E-state index in [-0.39, 0.29) is 12.5 Å². The molecule has 0 radical (unpaired) electrons. The minimum Gasteiger partial charge on any atom is -0.493 e. The van der Waals surface area contributed by atoms with Crippen LogP contribution in [0.1, 0.15) is 36.5 Å². The molecule has 0 saturated heterocycles. The Morgan fingerprint density at radius 2 is 1.97 bits per heavy atom. The highest BCUT2D eigenvalue weighted by Gasteiger charge is 2.12. The number of methoxy groups -OCH3 is 1. The van der Waals surface area contributed by atoms with Gasteiger partial charge in [-0.2, -0.15) is 5.10 Å². The summed E-state index contributed by atoms with van der Waals surface area (Å²) in [5.74, 6) is 1.47. The number of benzene rings is 2. The third-order valence-electron chi connectivity index (χ3n) is 4.27. The molecule has 0 spiro atoms. The van der Waals surface area contributed by atoms with E-state index in [2.05, 4.69) is 33.4 Å². The quantitative estimate of drug-likeness (QED) is 0.270. The van der Waals surface area contributed by atoms with Crippen LogP contribution in [0.15, 0.2) is 33.8 Å². The van der Waals surface area contributed by atoms with Crippen LogP contribution in [0.2, 0.25) is 5.02 Å². The number of hydrazone groups is 1. The van der Waals surface area contributed by atoms with Gasteiger partial charge in [0.1, 0.15) is 5.75 Å². The minimum atomic E-state index is -0.380. The van der Waals surface area contributed by atoms with E-state index in [1.807, 2.05) is 26.0 Å². The Labute approximate surface area is 190 Å². The second kappa shape index (κ2) is 11.8. The van der Waals surface area contributed by atoms with Gasteiger partial charge in [0.25, 0.3) is 5.91 Å². The fraction of sp³-hybridized carbons (Fsp3) is 0.364. The average Bonchev–Trinajstić information content (AvgIpc) is 2.74. The SMILES string of the molecule is CCCCOc1ccc(/C=N/NC(=O)COc2cc(C)c(Cl)c(C)c2Br)cc1OC. The van der Waals surface area contributed by atoms with Gasteiger partial charge in [0.2, 0.25) is 0 Å². The van der Waals surface area contributed by atoms with Gasteiger partial charge in [-0.1, -0.05) is 24.9 Å². The number of hydrogen-bond acceptors (Lipinski definition) is 5. The smallest absolute Gasteiger partial charge is 0.277 e. The van der Waals surface area contributed by atoms with Crippen LogP contribution in [-0.4, -0.2) is 32.4 Å². The van der Waals surface area contributed by atoms with E-state index >= 15 is 0 Å². The molecular formula is C22H26BrClN2O4. The van der Waals surface area contributed by atoms with Crippen LogP contribution in [-0.2, 0) is 4.79 Å². The number of hydrogen-bond donors (Lipinski definition) is 1. The van der Waals surface area contributed by atoms with E-state index in [0.29, 0.717) is 28.9 Å². The monoisotopic (exact) mass is 496 g/mol. The zero-order valence-corrected chi connectivity index (χ0v) is 19.9. The van der Waals surface area contributed by atoms with Crippen molar-refractivity contribution in [3.63, 3.8) is 0 Å². The van der Waals surface area contributed by atoms with E-state index in [9.17, 15) is 4.79 Å². The van der Waals surface area contributed by atoms with Crippen LogP contribution < -0.4 is 19.6 Å². The second-order valence-electron chi connectivity index (χ2n) is 6.64. The molecular weight excluding hydrogens is 472 g/mol. The van der Waals surface area contributed by atoms with Gasteiger partial charge >= 0.3 is 0 Å². The number of halogens is 2. The molecule has 1 amide bonds. The average molecular weight is 498 g/mol. The molecule has 0 saturated carbocycles. The van der Waals surface area contributed by atoms with Crippen LogP contribution in [0.4, 0.5) is 0 Å². The molecule has 0 unspecified atom stereocenters. The van der Waals surface area contributed by atoms with Crippen molar-refractivity contribution in [1.29, 1.82) is 0 Å². The zero-order chi connectivity index (χ0) is 22.1. The lowest BCUT2D eigenvalue weighted by Gasteiger charge is -2.12. The molecule has 0 aliphatic rings. The predicted molar refractivity (Wildman–Crippen MR) is 123 cm³/mol. The van der Waals surface area contributed by atoms with Crippen molar-refractivity contribution >= 4 is 39.7 Å². The summed E-state index contributed by atoms with van der Waals surface area (Å²) in [5, 5.41) is 4.64. The van der Waals surface area contributed by atoms with Crippen molar-refractivity contribution in [3.8, 4) is 17.2 Å². The maximum Gasteiger partial charge on any atom is 0.277 e. The molecule has 30 heavy (non-hydrogen) atoms. The Morgan fingerprint density at radius 3 is 2.67 bits per heavy atom. The van der Waals surface area contributed by atoms with Crippen LogP contribution >= 0.6 is 27.5 Å². The molecule has 2 rings (SSSR count). The van der Waals surface area contributed by atoms with Crippen molar-refractivity contribution in [2.75, 3.05) is 20.3 Å². The van der Waals surface area contributed by atoms with Crippen LogP contribution in [0.5, 0.6) is 17.2 Å². The summed E-state index contributed by atoms with van der Waals surface area (Å²) in [6, 6.07) is 7.24. The molecule has 0 heterocycles.